The van der Waals surface area contributed by atoms with Gasteiger partial charge in [-0.2, -0.15) is 0 Å². The standard InChI is InChI=1S/C16H17N3/c1-2-16-18-14-7-3-4-8-15(14)19(16)11-9-13-6-5-10-17-12-13/h3-8,10,12H,2,9,11H2,1H3. The second-order valence-electron chi connectivity index (χ2n) is 4.63. The van der Waals surface area contributed by atoms with Crippen molar-refractivity contribution in [2.45, 2.75) is 26.3 Å². The fraction of sp³-hybridized carbons (Fsp3) is 0.250. The first-order valence-electron chi connectivity index (χ1n) is 6.71. The fourth-order valence-electron chi connectivity index (χ4n) is 2.43. The van der Waals surface area contributed by atoms with E-state index in [0.29, 0.717) is 0 Å². The van der Waals surface area contributed by atoms with Crippen LogP contribution in [0.5, 0.6) is 0 Å². The first kappa shape index (κ1) is 11.9. The normalized spacial score (nSPS) is 11.0. The van der Waals surface area contributed by atoms with Gasteiger partial charge in [0.05, 0.1) is 11.0 Å². The van der Waals surface area contributed by atoms with Crippen LogP contribution in [-0.2, 0) is 19.4 Å². The van der Waals surface area contributed by atoms with Crippen LogP contribution in [-0.4, -0.2) is 14.5 Å². The molecule has 3 aromatic rings. The minimum Gasteiger partial charge on any atom is -0.328 e. The maximum atomic E-state index is 4.69. The molecule has 0 unspecified atom stereocenters. The Labute approximate surface area is 112 Å². The van der Waals surface area contributed by atoms with Crippen LogP contribution in [0.2, 0.25) is 0 Å². The highest BCUT2D eigenvalue weighted by Crippen LogP contribution is 2.17. The third kappa shape index (κ3) is 2.36. The summed E-state index contributed by atoms with van der Waals surface area (Å²) in [6.45, 7) is 3.11. The SMILES string of the molecule is CCc1nc2ccccc2n1CCc1cccnc1. The summed E-state index contributed by atoms with van der Waals surface area (Å²) >= 11 is 0. The smallest absolute Gasteiger partial charge is 0.109 e. The molecule has 2 heterocycles. The number of imidazole rings is 1. The summed E-state index contributed by atoms with van der Waals surface area (Å²) in [5, 5.41) is 0. The number of pyridine rings is 1. The van der Waals surface area contributed by atoms with E-state index in [1.165, 1.54) is 11.1 Å². The lowest BCUT2D eigenvalue weighted by atomic mass is 10.2. The average molecular weight is 251 g/mol. The third-order valence-electron chi connectivity index (χ3n) is 3.40. The number of aryl methyl sites for hydroxylation is 3. The Morgan fingerprint density at radius 1 is 1.11 bits per heavy atom. The van der Waals surface area contributed by atoms with Crippen LogP contribution >= 0.6 is 0 Å². The van der Waals surface area contributed by atoms with Gasteiger partial charge in [-0.3, -0.25) is 4.98 Å². The molecule has 0 fully saturated rings. The molecule has 0 atom stereocenters. The highest BCUT2D eigenvalue weighted by Gasteiger charge is 2.08. The van der Waals surface area contributed by atoms with Crippen molar-refractivity contribution >= 4 is 11.0 Å². The molecule has 3 nitrogen and oxygen atoms in total. The molecular weight excluding hydrogens is 234 g/mol. The summed E-state index contributed by atoms with van der Waals surface area (Å²) in [4.78, 5) is 8.86. The van der Waals surface area contributed by atoms with Crippen molar-refractivity contribution in [2.75, 3.05) is 0 Å². The Morgan fingerprint density at radius 3 is 2.79 bits per heavy atom. The molecule has 0 aliphatic rings. The number of para-hydroxylation sites is 2. The topological polar surface area (TPSA) is 30.7 Å². The van der Waals surface area contributed by atoms with E-state index in [1.807, 2.05) is 24.5 Å². The van der Waals surface area contributed by atoms with Gasteiger partial charge in [0, 0.05) is 25.4 Å². The molecule has 0 bridgehead atoms. The van der Waals surface area contributed by atoms with E-state index in [0.717, 1.165) is 30.7 Å². The number of aromatic nitrogens is 3. The molecule has 96 valence electrons. The summed E-state index contributed by atoms with van der Waals surface area (Å²) in [5.41, 5.74) is 3.58. The second kappa shape index (κ2) is 5.22. The van der Waals surface area contributed by atoms with Crippen molar-refractivity contribution in [3.63, 3.8) is 0 Å². The number of rotatable bonds is 4. The molecule has 0 spiro atoms. The fourth-order valence-corrected chi connectivity index (χ4v) is 2.43. The molecular formula is C16H17N3. The lowest BCUT2D eigenvalue weighted by Gasteiger charge is -2.07. The van der Waals surface area contributed by atoms with Crippen molar-refractivity contribution in [2.24, 2.45) is 0 Å². The Kier molecular flexibility index (Phi) is 3.27. The van der Waals surface area contributed by atoms with Crippen molar-refractivity contribution < 1.29 is 0 Å². The predicted octanol–water partition coefficient (Wildman–Crippen LogP) is 3.24. The molecule has 0 aliphatic carbocycles. The van der Waals surface area contributed by atoms with Crippen molar-refractivity contribution in [3.05, 3.63) is 60.2 Å². The summed E-state index contributed by atoms with van der Waals surface area (Å²) in [6.07, 6.45) is 5.70. The molecule has 0 aliphatic heterocycles. The zero-order chi connectivity index (χ0) is 13.1. The monoisotopic (exact) mass is 251 g/mol. The number of benzene rings is 1. The third-order valence-corrected chi connectivity index (χ3v) is 3.40. The van der Waals surface area contributed by atoms with Gasteiger partial charge in [0.15, 0.2) is 0 Å². The van der Waals surface area contributed by atoms with Crippen LogP contribution in [0, 0.1) is 0 Å². The molecule has 19 heavy (non-hydrogen) atoms. The molecule has 1 aromatic carbocycles. The van der Waals surface area contributed by atoms with Crippen molar-refractivity contribution in [1.29, 1.82) is 0 Å². The summed E-state index contributed by atoms with van der Waals surface area (Å²) in [5.74, 6) is 1.16. The molecule has 3 rings (SSSR count). The lowest BCUT2D eigenvalue weighted by molar-refractivity contribution is 0.673. The molecule has 0 radical (unpaired) electrons. The van der Waals surface area contributed by atoms with E-state index in [4.69, 9.17) is 4.98 Å². The molecule has 0 amide bonds. The Balaban J connectivity index is 1.91. The lowest BCUT2D eigenvalue weighted by Crippen LogP contribution is -2.05. The average Bonchev–Trinajstić information content (AvgIpc) is 2.84. The Bertz CT molecular complexity index is 671. The van der Waals surface area contributed by atoms with Gasteiger partial charge in [-0.1, -0.05) is 25.1 Å². The van der Waals surface area contributed by atoms with Gasteiger partial charge in [-0.15, -0.1) is 0 Å². The predicted molar refractivity (Wildman–Crippen MR) is 77.1 cm³/mol. The Morgan fingerprint density at radius 2 is 2.00 bits per heavy atom. The van der Waals surface area contributed by atoms with Crippen molar-refractivity contribution in [3.8, 4) is 0 Å². The number of hydrogen-bond donors (Lipinski definition) is 0. The Hall–Kier alpha value is -2.16. The van der Waals surface area contributed by atoms with Crippen molar-refractivity contribution in [1.82, 2.24) is 14.5 Å². The highest BCUT2D eigenvalue weighted by molar-refractivity contribution is 5.75. The van der Waals surface area contributed by atoms with E-state index >= 15 is 0 Å². The molecule has 0 saturated carbocycles. The number of nitrogens with zero attached hydrogens (tertiary/aromatic N) is 3. The number of fused-ring (bicyclic) bond motifs is 1. The van der Waals surface area contributed by atoms with Crippen LogP contribution in [0.3, 0.4) is 0 Å². The zero-order valence-corrected chi connectivity index (χ0v) is 11.1. The molecule has 0 N–H and O–H groups in total. The van der Waals surface area contributed by atoms with Gasteiger partial charge >= 0.3 is 0 Å². The van der Waals surface area contributed by atoms with Crippen LogP contribution < -0.4 is 0 Å². The van der Waals surface area contributed by atoms with Crippen LogP contribution in [0.1, 0.15) is 18.3 Å². The largest absolute Gasteiger partial charge is 0.328 e. The first-order chi connectivity index (χ1) is 9.38. The summed E-state index contributed by atoms with van der Waals surface area (Å²) in [6, 6.07) is 12.4. The molecule has 3 heteroatoms. The van der Waals surface area contributed by atoms with Crippen LogP contribution in [0.25, 0.3) is 11.0 Å². The van der Waals surface area contributed by atoms with E-state index in [2.05, 4.69) is 40.7 Å². The van der Waals surface area contributed by atoms with Gasteiger partial charge < -0.3 is 4.57 Å². The first-order valence-corrected chi connectivity index (χ1v) is 6.71. The van der Waals surface area contributed by atoms with Gasteiger partial charge in [0.2, 0.25) is 0 Å². The molecule has 2 aromatic heterocycles. The van der Waals surface area contributed by atoms with Gasteiger partial charge in [0.25, 0.3) is 0 Å². The van der Waals surface area contributed by atoms with E-state index in [1.54, 1.807) is 0 Å². The summed E-state index contributed by atoms with van der Waals surface area (Å²) in [7, 11) is 0. The van der Waals surface area contributed by atoms with Gasteiger partial charge in [-0.05, 0) is 30.2 Å². The summed E-state index contributed by atoms with van der Waals surface area (Å²) < 4.78 is 2.32. The molecule has 0 saturated heterocycles. The van der Waals surface area contributed by atoms with Crippen LogP contribution in [0.15, 0.2) is 48.8 Å². The van der Waals surface area contributed by atoms with Crippen LogP contribution in [0.4, 0.5) is 0 Å². The quantitative estimate of drug-likeness (QED) is 0.712. The van der Waals surface area contributed by atoms with Gasteiger partial charge in [0.1, 0.15) is 5.82 Å². The minimum absolute atomic E-state index is 0.954. The number of hydrogen-bond acceptors (Lipinski definition) is 2. The maximum absolute atomic E-state index is 4.69. The van der Waals surface area contributed by atoms with E-state index in [9.17, 15) is 0 Å². The van der Waals surface area contributed by atoms with E-state index in [-0.39, 0.29) is 0 Å². The van der Waals surface area contributed by atoms with Gasteiger partial charge in [-0.25, -0.2) is 4.98 Å². The second-order valence-corrected chi connectivity index (χ2v) is 4.63. The van der Waals surface area contributed by atoms with E-state index < -0.39 is 0 Å². The highest BCUT2D eigenvalue weighted by atomic mass is 15.1. The minimum atomic E-state index is 0.954. The maximum Gasteiger partial charge on any atom is 0.109 e. The zero-order valence-electron chi connectivity index (χ0n) is 11.1.